The maximum Gasteiger partial charge on any atom is 0.180 e. The third-order valence-corrected chi connectivity index (χ3v) is 6.19. The predicted octanol–water partition coefficient (Wildman–Crippen LogP) is 2.73. The highest BCUT2D eigenvalue weighted by molar-refractivity contribution is 7.92. The van der Waals surface area contributed by atoms with Gasteiger partial charge in [-0.15, -0.1) is 0 Å². The molecule has 0 bridgehead atoms. The van der Waals surface area contributed by atoms with E-state index >= 15 is 0 Å². The topological polar surface area (TPSA) is 46.6 Å². The lowest BCUT2D eigenvalue weighted by Crippen LogP contribution is -2.38. The lowest BCUT2D eigenvalue weighted by atomic mass is 10.1. The van der Waals surface area contributed by atoms with Gasteiger partial charge in [0.25, 0.3) is 0 Å². The Balaban J connectivity index is 2.06. The second-order valence-electron chi connectivity index (χ2n) is 5.82. The van der Waals surface area contributed by atoms with Gasteiger partial charge in [-0.05, 0) is 51.4 Å². The number of piperidine rings is 1. The molecule has 0 saturated carbocycles. The summed E-state index contributed by atoms with van der Waals surface area (Å²) in [5, 5.41) is -0.416. The van der Waals surface area contributed by atoms with Crippen LogP contribution in [0.15, 0.2) is 29.2 Å². The van der Waals surface area contributed by atoms with Crippen molar-refractivity contribution < 1.29 is 13.2 Å². The summed E-state index contributed by atoms with van der Waals surface area (Å²) < 4.78 is 30.4. The monoisotopic (exact) mass is 311 g/mol. The summed E-state index contributed by atoms with van der Waals surface area (Å²) in [5.74, 6) is 0.659. The summed E-state index contributed by atoms with van der Waals surface area (Å²) in [6.45, 7) is 8.74. The number of nitrogens with zero attached hydrogens (tertiary/aromatic N) is 1. The second kappa shape index (κ2) is 6.79. The molecule has 1 saturated heterocycles. The molecule has 0 amide bonds. The Morgan fingerprint density at radius 3 is 2.52 bits per heavy atom. The van der Waals surface area contributed by atoms with Crippen molar-refractivity contribution in [2.45, 2.75) is 49.9 Å². The summed E-state index contributed by atoms with van der Waals surface area (Å²) in [7, 11) is -3.24. The van der Waals surface area contributed by atoms with Crippen molar-refractivity contribution in [3.8, 4) is 5.75 Å². The van der Waals surface area contributed by atoms with Crippen LogP contribution < -0.4 is 4.74 Å². The van der Waals surface area contributed by atoms with Gasteiger partial charge in [-0.3, -0.25) is 0 Å². The van der Waals surface area contributed by atoms with Crippen molar-refractivity contribution in [1.82, 2.24) is 4.90 Å². The average molecular weight is 311 g/mol. The largest absolute Gasteiger partial charge is 0.490 e. The van der Waals surface area contributed by atoms with Gasteiger partial charge in [0, 0.05) is 13.1 Å². The first-order valence-electron chi connectivity index (χ1n) is 7.66. The molecule has 0 atom stereocenters. The second-order valence-corrected chi connectivity index (χ2v) is 8.32. The van der Waals surface area contributed by atoms with Crippen LogP contribution in [0.2, 0.25) is 0 Å². The Morgan fingerprint density at radius 1 is 1.29 bits per heavy atom. The SMILES string of the molecule is CCN1CCC(Oc2cccc(S(=O)(=O)C(C)C)c2)CC1. The van der Waals surface area contributed by atoms with E-state index in [0.29, 0.717) is 10.6 Å². The maximum absolute atomic E-state index is 12.2. The number of hydrogen-bond donors (Lipinski definition) is 0. The zero-order chi connectivity index (χ0) is 15.5. The molecule has 1 aromatic rings. The van der Waals surface area contributed by atoms with Gasteiger partial charge >= 0.3 is 0 Å². The molecule has 21 heavy (non-hydrogen) atoms. The molecule has 0 aromatic heterocycles. The molecular formula is C16H25NO3S. The van der Waals surface area contributed by atoms with Gasteiger partial charge in [-0.2, -0.15) is 0 Å². The minimum Gasteiger partial charge on any atom is -0.490 e. The fourth-order valence-electron chi connectivity index (χ4n) is 2.53. The first-order valence-corrected chi connectivity index (χ1v) is 9.21. The van der Waals surface area contributed by atoms with Gasteiger partial charge in [-0.1, -0.05) is 13.0 Å². The fraction of sp³-hybridized carbons (Fsp3) is 0.625. The highest BCUT2D eigenvalue weighted by Gasteiger charge is 2.22. The summed E-state index contributed by atoms with van der Waals surface area (Å²) in [6.07, 6.45) is 2.18. The van der Waals surface area contributed by atoms with Crippen molar-refractivity contribution >= 4 is 9.84 Å². The average Bonchev–Trinajstić information content (AvgIpc) is 2.48. The smallest absolute Gasteiger partial charge is 0.180 e. The van der Waals surface area contributed by atoms with Crippen LogP contribution in [0.1, 0.15) is 33.6 Å². The molecule has 1 fully saturated rings. The van der Waals surface area contributed by atoms with Crippen LogP contribution in [0.5, 0.6) is 5.75 Å². The van der Waals surface area contributed by atoms with Crippen LogP contribution in [0.25, 0.3) is 0 Å². The van der Waals surface area contributed by atoms with Gasteiger partial charge in [0.15, 0.2) is 9.84 Å². The zero-order valence-corrected chi connectivity index (χ0v) is 13.9. The van der Waals surface area contributed by atoms with Crippen LogP contribution in [0, 0.1) is 0 Å². The van der Waals surface area contributed by atoms with Gasteiger partial charge in [0.2, 0.25) is 0 Å². The van der Waals surface area contributed by atoms with E-state index in [0.717, 1.165) is 32.5 Å². The van der Waals surface area contributed by atoms with Crippen LogP contribution >= 0.6 is 0 Å². The van der Waals surface area contributed by atoms with E-state index in [9.17, 15) is 8.42 Å². The van der Waals surface area contributed by atoms with Crippen molar-refractivity contribution in [2.75, 3.05) is 19.6 Å². The number of ether oxygens (including phenoxy) is 1. The van der Waals surface area contributed by atoms with E-state index in [-0.39, 0.29) is 6.10 Å². The molecule has 2 rings (SSSR count). The van der Waals surface area contributed by atoms with Crippen molar-refractivity contribution in [3.63, 3.8) is 0 Å². The Labute approximate surface area is 128 Å². The highest BCUT2D eigenvalue weighted by atomic mass is 32.2. The molecule has 5 heteroatoms. The molecule has 0 aliphatic carbocycles. The first kappa shape index (κ1) is 16.3. The number of hydrogen-bond acceptors (Lipinski definition) is 4. The molecule has 118 valence electrons. The summed E-state index contributed by atoms with van der Waals surface area (Å²) >= 11 is 0. The van der Waals surface area contributed by atoms with E-state index in [2.05, 4.69) is 11.8 Å². The fourth-order valence-corrected chi connectivity index (χ4v) is 3.63. The normalized spacial score (nSPS) is 18.1. The van der Waals surface area contributed by atoms with Crippen LogP contribution in [-0.4, -0.2) is 44.3 Å². The van der Waals surface area contributed by atoms with Gasteiger partial charge < -0.3 is 9.64 Å². The van der Waals surface area contributed by atoms with Crippen molar-refractivity contribution in [2.24, 2.45) is 0 Å². The molecule has 0 radical (unpaired) electrons. The summed E-state index contributed by atoms with van der Waals surface area (Å²) in [5.41, 5.74) is 0. The van der Waals surface area contributed by atoms with Crippen LogP contribution in [0.3, 0.4) is 0 Å². The van der Waals surface area contributed by atoms with E-state index in [1.165, 1.54) is 0 Å². The van der Waals surface area contributed by atoms with Crippen molar-refractivity contribution in [3.05, 3.63) is 24.3 Å². The minimum absolute atomic E-state index is 0.185. The van der Waals surface area contributed by atoms with Gasteiger partial charge in [0.05, 0.1) is 10.1 Å². The maximum atomic E-state index is 12.2. The Morgan fingerprint density at radius 2 is 1.95 bits per heavy atom. The third-order valence-electron chi connectivity index (χ3n) is 4.04. The highest BCUT2D eigenvalue weighted by Crippen LogP contribution is 2.24. The number of likely N-dealkylation sites (tertiary alicyclic amines) is 1. The first-order chi connectivity index (χ1) is 9.93. The molecule has 1 heterocycles. The van der Waals surface area contributed by atoms with Gasteiger partial charge in [-0.25, -0.2) is 8.42 Å². The van der Waals surface area contributed by atoms with E-state index in [4.69, 9.17) is 4.74 Å². The Hall–Kier alpha value is -1.07. The summed E-state index contributed by atoms with van der Waals surface area (Å²) in [4.78, 5) is 2.75. The quantitative estimate of drug-likeness (QED) is 0.839. The summed E-state index contributed by atoms with van der Waals surface area (Å²) in [6, 6.07) is 6.89. The molecular weight excluding hydrogens is 286 g/mol. The molecule has 0 spiro atoms. The van der Waals surface area contributed by atoms with E-state index < -0.39 is 15.1 Å². The van der Waals surface area contributed by atoms with E-state index in [1.807, 2.05) is 6.07 Å². The standard InChI is InChI=1S/C16H25NO3S/c1-4-17-10-8-14(9-11-17)20-15-6-5-7-16(12-15)21(18,19)13(2)3/h5-7,12-14H,4,8-11H2,1-3H3. The molecule has 0 unspecified atom stereocenters. The lowest BCUT2D eigenvalue weighted by molar-refractivity contribution is 0.103. The van der Waals surface area contributed by atoms with Crippen LogP contribution in [-0.2, 0) is 9.84 Å². The number of rotatable bonds is 5. The Kier molecular flexibility index (Phi) is 5.27. The molecule has 1 aliphatic rings. The molecule has 0 N–H and O–H groups in total. The molecule has 1 aliphatic heterocycles. The Bertz CT molecular complexity index is 561. The van der Waals surface area contributed by atoms with Crippen LogP contribution in [0.4, 0.5) is 0 Å². The van der Waals surface area contributed by atoms with Crippen molar-refractivity contribution in [1.29, 1.82) is 0 Å². The number of sulfone groups is 1. The minimum atomic E-state index is -3.24. The zero-order valence-electron chi connectivity index (χ0n) is 13.1. The molecule has 1 aromatic carbocycles. The van der Waals surface area contributed by atoms with E-state index in [1.54, 1.807) is 32.0 Å². The molecule has 4 nitrogen and oxygen atoms in total. The predicted molar refractivity (Wildman–Crippen MR) is 84.5 cm³/mol. The number of benzene rings is 1. The van der Waals surface area contributed by atoms with Gasteiger partial charge in [0.1, 0.15) is 11.9 Å². The lowest BCUT2D eigenvalue weighted by Gasteiger charge is -2.31. The third kappa shape index (κ3) is 3.98.